The predicted octanol–water partition coefficient (Wildman–Crippen LogP) is 4.91. The van der Waals surface area contributed by atoms with Crippen LogP contribution in [0.25, 0.3) is 0 Å². The zero-order valence-corrected chi connectivity index (χ0v) is 13.0. The van der Waals surface area contributed by atoms with Crippen molar-refractivity contribution in [2.45, 2.75) is 19.8 Å². The summed E-state index contributed by atoms with van der Waals surface area (Å²) in [5.41, 5.74) is 0.933. The van der Waals surface area contributed by atoms with Crippen LogP contribution in [0.4, 0.5) is 10.1 Å². The number of hydrogen-bond donors (Lipinski definition) is 1. The molecule has 0 unspecified atom stereocenters. The van der Waals surface area contributed by atoms with Crippen LogP contribution in [0.15, 0.2) is 42.5 Å². The van der Waals surface area contributed by atoms with E-state index in [9.17, 15) is 9.18 Å². The van der Waals surface area contributed by atoms with Gasteiger partial charge in [0.25, 0.3) is 5.91 Å². The fraction of sp³-hybridized carbons (Fsp3) is 0.235. The molecule has 0 atom stereocenters. The minimum absolute atomic E-state index is 0.0301. The molecule has 2 aromatic rings. The van der Waals surface area contributed by atoms with Gasteiger partial charge in [-0.3, -0.25) is 4.79 Å². The normalized spacial score (nSPS) is 10.3. The van der Waals surface area contributed by atoms with Crippen LogP contribution in [-0.4, -0.2) is 12.5 Å². The molecule has 0 aromatic heterocycles. The number of halogens is 2. The molecule has 0 spiro atoms. The van der Waals surface area contributed by atoms with Crippen molar-refractivity contribution < 1.29 is 13.9 Å². The number of carbonyl (C=O) groups excluding carboxylic acids is 1. The van der Waals surface area contributed by atoms with E-state index in [0.29, 0.717) is 17.9 Å². The maximum absolute atomic E-state index is 13.1. The maximum atomic E-state index is 13.1. The van der Waals surface area contributed by atoms with E-state index in [1.807, 2.05) is 0 Å². The van der Waals surface area contributed by atoms with Crippen LogP contribution in [0.1, 0.15) is 30.1 Å². The number of benzene rings is 2. The molecule has 3 nitrogen and oxygen atoms in total. The third-order valence-corrected chi connectivity index (χ3v) is 3.35. The lowest BCUT2D eigenvalue weighted by Crippen LogP contribution is -2.11. The number of carbonyl (C=O) groups is 1. The van der Waals surface area contributed by atoms with Crippen molar-refractivity contribution in [2.24, 2.45) is 0 Å². The molecule has 5 heteroatoms. The minimum atomic E-state index is -0.520. The standard InChI is InChI=1S/C17H17ClFNO2/c1-2-3-10-22-14-7-4-12(5-8-14)17(21)20-13-6-9-16(19)15(18)11-13/h4-9,11H,2-3,10H2,1H3,(H,20,21). The summed E-state index contributed by atoms with van der Waals surface area (Å²) in [6.45, 7) is 2.76. The Morgan fingerprint density at radius 1 is 1.23 bits per heavy atom. The second-order valence-electron chi connectivity index (χ2n) is 4.81. The lowest BCUT2D eigenvalue weighted by molar-refractivity contribution is 0.102. The number of ether oxygens (including phenoxy) is 1. The Balaban J connectivity index is 1.98. The van der Waals surface area contributed by atoms with E-state index < -0.39 is 5.82 Å². The molecule has 0 fully saturated rings. The highest BCUT2D eigenvalue weighted by molar-refractivity contribution is 6.31. The van der Waals surface area contributed by atoms with Crippen molar-refractivity contribution in [1.82, 2.24) is 0 Å². The van der Waals surface area contributed by atoms with Gasteiger partial charge in [0.05, 0.1) is 11.6 Å². The van der Waals surface area contributed by atoms with Gasteiger partial charge in [0, 0.05) is 11.3 Å². The second-order valence-corrected chi connectivity index (χ2v) is 5.22. The van der Waals surface area contributed by atoms with Gasteiger partial charge in [0.15, 0.2) is 0 Å². The molecule has 1 N–H and O–H groups in total. The van der Waals surface area contributed by atoms with E-state index in [-0.39, 0.29) is 10.9 Å². The van der Waals surface area contributed by atoms with Gasteiger partial charge in [-0.2, -0.15) is 0 Å². The summed E-state index contributed by atoms with van der Waals surface area (Å²) >= 11 is 5.68. The lowest BCUT2D eigenvalue weighted by atomic mass is 10.2. The van der Waals surface area contributed by atoms with Gasteiger partial charge in [-0.15, -0.1) is 0 Å². The van der Waals surface area contributed by atoms with Gasteiger partial charge < -0.3 is 10.1 Å². The number of rotatable bonds is 6. The number of nitrogens with one attached hydrogen (secondary N) is 1. The highest BCUT2D eigenvalue weighted by atomic mass is 35.5. The maximum Gasteiger partial charge on any atom is 0.255 e. The Kier molecular flexibility index (Phi) is 5.78. The molecule has 0 aliphatic rings. The molecular formula is C17H17ClFNO2. The Labute approximate surface area is 134 Å². The number of hydrogen-bond acceptors (Lipinski definition) is 2. The van der Waals surface area contributed by atoms with E-state index in [1.54, 1.807) is 24.3 Å². The molecule has 2 rings (SSSR count). The molecule has 0 aliphatic heterocycles. The van der Waals surface area contributed by atoms with Gasteiger partial charge in [-0.25, -0.2) is 4.39 Å². The molecule has 0 saturated carbocycles. The van der Waals surface area contributed by atoms with Crippen molar-refractivity contribution in [2.75, 3.05) is 11.9 Å². The van der Waals surface area contributed by atoms with Crippen LogP contribution in [0, 0.1) is 5.82 Å². The van der Waals surface area contributed by atoms with Crippen LogP contribution in [0.2, 0.25) is 5.02 Å². The first-order valence-corrected chi connectivity index (χ1v) is 7.47. The third kappa shape index (κ3) is 4.46. The van der Waals surface area contributed by atoms with Crippen molar-refractivity contribution in [3.63, 3.8) is 0 Å². The van der Waals surface area contributed by atoms with Crippen molar-refractivity contribution >= 4 is 23.2 Å². The molecule has 0 radical (unpaired) electrons. The Bertz CT molecular complexity index is 644. The van der Waals surface area contributed by atoms with E-state index in [1.165, 1.54) is 18.2 Å². The number of unbranched alkanes of at least 4 members (excludes halogenated alkanes) is 1. The molecule has 116 valence electrons. The van der Waals surface area contributed by atoms with Gasteiger partial charge in [0.1, 0.15) is 11.6 Å². The summed E-state index contributed by atoms with van der Waals surface area (Å²) in [5, 5.41) is 2.64. The van der Waals surface area contributed by atoms with Crippen molar-refractivity contribution in [3.8, 4) is 5.75 Å². The molecular weight excluding hydrogens is 305 g/mol. The summed E-state index contributed by atoms with van der Waals surface area (Å²) in [5.74, 6) is -0.0779. The number of anilines is 1. The van der Waals surface area contributed by atoms with Crippen LogP contribution in [0.5, 0.6) is 5.75 Å². The summed E-state index contributed by atoms with van der Waals surface area (Å²) in [7, 11) is 0. The van der Waals surface area contributed by atoms with Crippen molar-refractivity contribution in [3.05, 3.63) is 58.9 Å². The van der Waals surface area contributed by atoms with Crippen LogP contribution >= 0.6 is 11.6 Å². The SMILES string of the molecule is CCCCOc1ccc(C(=O)Nc2ccc(F)c(Cl)c2)cc1. The molecule has 0 bridgehead atoms. The number of amides is 1. The van der Waals surface area contributed by atoms with Crippen LogP contribution < -0.4 is 10.1 Å². The Morgan fingerprint density at radius 3 is 2.59 bits per heavy atom. The molecule has 0 aliphatic carbocycles. The van der Waals surface area contributed by atoms with Gasteiger partial charge >= 0.3 is 0 Å². The van der Waals surface area contributed by atoms with E-state index in [4.69, 9.17) is 16.3 Å². The second kappa shape index (κ2) is 7.80. The van der Waals surface area contributed by atoms with E-state index in [0.717, 1.165) is 18.6 Å². The fourth-order valence-electron chi connectivity index (χ4n) is 1.81. The Hall–Kier alpha value is -2.07. The summed E-state index contributed by atoms with van der Waals surface area (Å²) in [6, 6.07) is 10.9. The summed E-state index contributed by atoms with van der Waals surface area (Å²) in [4.78, 5) is 12.1. The summed E-state index contributed by atoms with van der Waals surface area (Å²) < 4.78 is 18.6. The zero-order valence-electron chi connectivity index (χ0n) is 12.2. The van der Waals surface area contributed by atoms with Crippen molar-refractivity contribution in [1.29, 1.82) is 0 Å². The molecule has 1 amide bonds. The first kappa shape index (κ1) is 16.3. The van der Waals surface area contributed by atoms with Crippen LogP contribution in [0.3, 0.4) is 0 Å². The van der Waals surface area contributed by atoms with Gasteiger partial charge in [0.2, 0.25) is 0 Å². The molecule has 0 saturated heterocycles. The van der Waals surface area contributed by atoms with Crippen LogP contribution in [-0.2, 0) is 0 Å². The average molecular weight is 322 g/mol. The van der Waals surface area contributed by atoms with E-state index >= 15 is 0 Å². The monoisotopic (exact) mass is 321 g/mol. The quantitative estimate of drug-likeness (QED) is 0.768. The summed E-state index contributed by atoms with van der Waals surface area (Å²) in [6.07, 6.45) is 2.06. The zero-order chi connectivity index (χ0) is 15.9. The first-order valence-electron chi connectivity index (χ1n) is 7.09. The van der Waals surface area contributed by atoms with E-state index in [2.05, 4.69) is 12.2 Å². The van der Waals surface area contributed by atoms with Gasteiger partial charge in [-0.1, -0.05) is 24.9 Å². The molecule has 2 aromatic carbocycles. The third-order valence-electron chi connectivity index (χ3n) is 3.06. The molecule has 22 heavy (non-hydrogen) atoms. The van der Waals surface area contributed by atoms with Gasteiger partial charge in [-0.05, 0) is 48.9 Å². The average Bonchev–Trinajstić information content (AvgIpc) is 2.52. The minimum Gasteiger partial charge on any atom is -0.494 e. The predicted molar refractivity (Wildman–Crippen MR) is 86.2 cm³/mol. The highest BCUT2D eigenvalue weighted by Gasteiger charge is 2.08. The Morgan fingerprint density at radius 2 is 1.95 bits per heavy atom. The largest absolute Gasteiger partial charge is 0.494 e. The first-order chi connectivity index (χ1) is 10.6. The molecule has 0 heterocycles. The highest BCUT2D eigenvalue weighted by Crippen LogP contribution is 2.20. The fourth-order valence-corrected chi connectivity index (χ4v) is 1.99. The smallest absolute Gasteiger partial charge is 0.255 e. The topological polar surface area (TPSA) is 38.3 Å². The lowest BCUT2D eigenvalue weighted by Gasteiger charge is -2.08.